The second kappa shape index (κ2) is 16.2. The number of methoxy groups -OCH3 is 2. The third-order valence-corrected chi connectivity index (χ3v) is 10.4. The molecule has 3 aromatic carbocycles. The molecule has 2 aliphatic rings. The average molecular weight is 711 g/mol. The fraction of sp³-hybridized carbons (Fsp3) is 0.368. The van der Waals surface area contributed by atoms with Crippen LogP contribution in [-0.4, -0.2) is 101 Å². The van der Waals surface area contributed by atoms with E-state index in [1.807, 2.05) is 58.3 Å². The molecule has 2 saturated heterocycles. The number of piperazine rings is 1. The summed E-state index contributed by atoms with van der Waals surface area (Å²) in [5.41, 5.74) is 2.11. The number of hydrogen-bond acceptors (Lipinski definition) is 10. The van der Waals surface area contributed by atoms with Gasteiger partial charge in [-0.25, -0.2) is 4.98 Å². The van der Waals surface area contributed by atoms with Crippen molar-refractivity contribution in [3.63, 3.8) is 0 Å². The van der Waals surface area contributed by atoms with Crippen molar-refractivity contribution in [2.24, 2.45) is 5.92 Å². The second-order valence-electron chi connectivity index (χ2n) is 12.7. The highest BCUT2D eigenvalue weighted by Crippen LogP contribution is 2.36. The molecular formula is C38H42N6O6S. The number of fused-ring (bicyclic) bond motifs is 1. The number of likely N-dealkylation sites (tertiary alicyclic amines) is 1. The predicted octanol–water partition coefficient (Wildman–Crippen LogP) is 4.68. The van der Waals surface area contributed by atoms with Crippen LogP contribution in [0.4, 0.5) is 11.8 Å². The largest absolute Gasteiger partial charge is 0.493 e. The van der Waals surface area contributed by atoms with E-state index in [4.69, 9.17) is 19.4 Å². The number of nitrogens with zero attached hydrogens (tertiary/aromatic N) is 5. The van der Waals surface area contributed by atoms with Crippen LogP contribution in [0.25, 0.3) is 10.9 Å². The lowest BCUT2D eigenvalue weighted by Gasteiger charge is -2.35. The zero-order chi connectivity index (χ0) is 35.9. The average Bonchev–Trinajstić information content (AvgIpc) is 3.67. The van der Waals surface area contributed by atoms with Crippen molar-refractivity contribution < 1.29 is 28.7 Å². The number of hydrogen-bond donors (Lipinski definition) is 1. The van der Waals surface area contributed by atoms with Gasteiger partial charge < -0.3 is 29.5 Å². The predicted molar refractivity (Wildman–Crippen MR) is 197 cm³/mol. The molecule has 2 fully saturated rings. The number of carbonyl (C=O) groups is 4. The van der Waals surface area contributed by atoms with E-state index in [0.717, 1.165) is 17.3 Å². The van der Waals surface area contributed by atoms with Crippen LogP contribution in [-0.2, 0) is 20.8 Å². The molecule has 2 atom stereocenters. The van der Waals surface area contributed by atoms with Crippen LogP contribution in [0.5, 0.6) is 11.5 Å². The second-order valence-corrected chi connectivity index (χ2v) is 13.7. The molecule has 4 aromatic rings. The van der Waals surface area contributed by atoms with Gasteiger partial charge in [-0.3, -0.25) is 19.2 Å². The van der Waals surface area contributed by atoms with Gasteiger partial charge >= 0.3 is 0 Å². The lowest BCUT2D eigenvalue weighted by molar-refractivity contribution is -0.139. The summed E-state index contributed by atoms with van der Waals surface area (Å²) >= 11 is 1.11. The number of anilines is 2. The molecule has 2 aliphatic heterocycles. The first-order valence-electron chi connectivity index (χ1n) is 17.1. The van der Waals surface area contributed by atoms with E-state index >= 15 is 0 Å². The van der Waals surface area contributed by atoms with Crippen LogP contribution >= 0.6 is 11.8 Å². The molecule has 0 saturated carbocycles. The van der Waals surface area contributed by atoms with E-state index < -0.39 is 12.0 Å². The van der Waals surface area contributed by atoms with Gasteiger partial charge in [0.2, 0.25) is 28.8 Å². The van der Waals surface area contributed by atoms with Gasteiger partial charge in [0.05, 0.1) is 26.2 Å². The van der Waals surface area contributed by atoms with Crippen molar-refractivity contribution in [2.45, 2.75) is 32.2 Å². The summed E-state index contributed by atoms with van der Waals surface area (Å²) in [5, 5.41) is 3.48. The Morgan fingerprint density at radius 3 is 2.24 bits per heavy atom. The van der Waals surface area contributed by atoms with E-state index in [2.05, 4.69) is 5.32 Å². The minimum Gasteiger partial charge on any atom is -0.493 e. The Kier molecular flexibility index (Phi) is 11.3. The minimum absolute atomic E-state index is 0.0661. The topological polar surface area (TPSA) is 134 Å². The molecule has 0 bridgehead atoms. The van der Waals surface area contributed by atoms with Gasteiger partial charge in [-0.05, 0) is 24.5 Å². The molecule has 6 rings (SSSR count). The third kappa shape index (κ3) is 8.25. The highest BCUT2D eigenvalue weighted by atomic mass is 32.2. The number of rotatable bonds is 11. The maximum atomic E-state index is 13.9. The van der Waals surface area contributed by atoms with Crippen LogP contribution in [0.1, 0.15) is 35.7 Å². The van der Waals surface area contributed by atoms with Crippen LogP contribution in [0.2, 0.25) is 0 Å². The summed E-state index contributed by atoms with van der Waals surface area (Å²) in [6, 6.07) is 21.4. The molecule has 12 nitrogen and oxygen atoms in total. The lowest BCUT2D eigenvalue weighted by Crippen LogP contribution is -2.49. The summed E-state index contributed by atoms with van der Waals surface area (Å²) in [6.07, 6.45) is 1.53. The van der Waals surface area contributed by atoms with E-state index in [-0.39, 0.29) is 22.8 Å². The first kappa shape index (κ1) is 35.6. The number of amides is 3. The highest BCUT2D eigenvalue weighted by molar-refractivity contribution is 8.14. The number of thioether (sulfide) groups is 1. The SMILES string of the molecule is COc1cc2nc(N3CCN(C(=O)Cc4ccccc4)CC3)nc(NC(=O)C3CCCN3C(=O)C(C)CSC(=O)c3ccccc3)c2cc1OC. The first-order valence-corrected chi connectivity index (χ1v) is 18.1. The Balaban J connectivity index is 1.18. The normalized spacial score (nSPS) is 16.5. The fourth-order valence-corrected chi connectivity index (χ4v) is 7.28. The number of nitrogens with one attached hydrogen (secondary N) is 1. The zero-order valence-electron chi connectivity index (χ0n) is 29.0. The summed E-state index contributed by atoms with van der Waals surface area (Å²) < 4.78 is 11.1. The molecular weight excluding hydrogens is 669 g/mol. The van der Waals surface area contributed by atoms with Gasteiger partial charge in [-0.2, -0.15) is 4.98 Å². The van der Waals surface area contributed by atoms with Gasteiger partial charge in [0.25, 0.3) is 0 Å². The first-order chi connectivity index (χ1) is 24.7. The van der Waals surface area contributed by atoms with Crippen LogP contribution < -0.4 is 19.7 Å². The molecule has 3 heterocycles. The lowest BCUT2D eigenvalue weighted by atomic mass is 10.1. The molecule has 0 spiro atoms. The van der Waals surface area contributed by atoms with Crippen LogP contribution in [0.3, 0.4) is 0 Å². The zero-order valence-corrected chi connectivity index (χ0v) is 29.9. The molecule has 3 amide bonds. The maximum Gasteiger partial charge on any atom is 0.248 e. The highest BCUT2D eigenvalue weighted by Gasteiger charge is 2.37. The van der Waals surface area contributed by atoms with Gasteiger partial charge in [0.1, 0.15) is 11.9 Å². The van der Waals surface area contributed by atoms with Crippen molar-refractivity contribution in [2.75, 3.05) is 62.9 Å². The van der Waals surface area contributed by atoms with Crippen molar-refractivity contribution >= 4 is 57.3 Å². The standard InChI is InChI=1S/C38H42N6O6S/c1-25(24-51-37(48)27-13-8-5-9-14-27)36(47)44-16-10-15-30(44)35(46)40-34-28-22-31(49-2)32(50-3)23-29(28)39-38(41-34)43-19-17-42(18-20-43)33(45)21-26-11-6-4-7-12-26/h4-9,11-14,22-23,25,30H,10,15-21,24H2,1-3H3,(H,39,40,41,46). The molecule has 13 heteroatoms. The van der Waals surface area contributed by atoms with Gasteiger partial charge in [-0.15, -0.1) is 0 Å². The molecule has 1 aromatic heterocycles. The van der Waals surface area contributed by atoms with Crippen molar-refractivity contribution in [1.82, 2.24) is 19.8 Å². The Morgan fingerprint density at radius 2 is 1.55 bits per heavy atom. The maximum absolute atomic E-state index is 13.9. The van der Waals surface area contributed by atoms with Gasteiger partial charge in [-0.1, -0.05) is 79.3 Å². The van der Waals surface area contributed by atoms with Crippen LogP contribution in [0, 0.1) is 5.92 Å². The number of ether oxygens (including phenoxy) is 2. The van der Waals surface area contributed by atoms with E-state index in [1.54, 1.807) is 43.2 Å². The molecule has 1 N–H and O–H groups in total. The quantitative estimate of drug-likeness (QED) is 0.234. The number of benzene rings is 3. The summed E-state index contributed by atoms with van der Waals surface area (Å²) in [6.45, 7) is 4.29. The smallest absolute Gasteiger partial charge is 0.248 e. The summed E-state index contributed by atoms with van der Waals surface area (Å²) in [7, 11) is 3.08. The molecule has 266 valence electrons. The Hall–Kier alpha value is -5.17. The number of carbonyl (C=O) groups excluding carboxylic acids is 4. The molecule has 0 aliphatic carbocycles. The summed E-state index contributed by atoms with van der Waals surface area (Å²) in [5.74, 6) is 1.04. The van der Waals surface area contributed by atoms with Gasteiger partial charge in [0.15, 0.2) is 11.5 Å². The molecule has 2 unspecified atom stereocenters. The minimum atomic E-state index is -0.692. The Labute approximate surface area is 301 Å². The Bertz CT molecular complexity index is 1890. The molecule has 51 heavy (non-hydrogen) atoms. The van der Waals surface area contributed by atoms with E-state index in [1.165, 1.54) is 7.11 Å². The van der Waals surface area contributed by atoms with Crippen LogP contribution in [0.15, 0.2) is 72.8 Å². The van der Waals surface area contributed by atoms with Gasteiger partial charge in [0, 0.05) is 61.4 Å². The van der Waals surface area contributed by atoms with Crippen molar-refractivity contribution in [1.29, 1.82) is 0 Å². The van der Waals surface area contributed by atoms with E-state index in [9.17, 15) is 19.2 Å². The molecule has 0 radical (unpaired) electrons. The fourth-order valence-electron chi connectivity index (χ4n) is 6.43. The number of aromatic nitrogens is 2. The monoisotopic (exact) mass is 710 g/mol. The third-order valence-electron chi connectivity index (χ3n) is 9.28. The summed E-state index contributed by atoms with van der Waals surface area (Å²) in [4.78, 5) is 68.3. The van der Waals surface area contributed by atoms with Crippen molar-refractivity contribution in [3.05, 3.63) is 83.9 Å². The van der Waals surface area contributed by atoms with Crippen molar-refractivity contribution in [3.8, 4) is 11.5 Å². The Morgan fingerprint density at radius 1 is 0.882 bits per heavy atom. The van der Waals surface area contributed by atoms with E-state index in [0.29, 0.717) is 97.5 Å².